The molecule has 0 saturated carbocycles. The fraction of sp³-hybridized carbons (Fsp3) is 0.227. The van der Waals surface area contributed by atoms with Crippen LogP contribution in [0.15, 0.2) is 36.5 Å². The molecule has 12 heteroatoms. The van der Waals surface area contributed by atoms with E-state index in [0.29, 0.717) is 33.5 Å². The van der Waals surface area contributed by atoms with Gasteiger partial charge < -0.3 is 15.2 Å². The molecule has 172 valence electrons. The first kappa shape index (κ1) is 23.8. The first-order valence-corrected chi connectivity index (χ1v) is 12.2. The van der Waals surface area contributed by atoms with Crippen LogP contribution < -0.4 is 16.2 Å². The summed E-state index contributed by atoms with van der Waals surface area (Å²) in [7, 11) is 1.74. The Morgan fingerprint density at radius 2 is 2.06 bits per heavy atom. The molecule has 0 spiro atoms. The van der Waals surface area contributed by atoms with Crippen LogP contribution >= 0.6 is 11.6 Å². The van der Waals surface area contributed by atoms with E-state index in [1.165, 1.54) is 10.7 Å². The Labute approximate surface area is 205 Å². The van der Waals surface area contributed by atoms with E-state index in [9.17, 15) is 19.4 Å². The summed E-state index contributed by atoms with van der Waals surface area (Å²) in [4.78, 5) is 30.7. The van der Waals surface area contributed by atoms with Crippen LogP contribution in [0.2, 0.25) is 5.02 Å². The molecular weight excluding hydrogens is 475 g/mol. The van der Waals surface area contributed by atoms with Gasteiger partial charge >= 0.3 is 0 Å². The Balaban J connectivity index is 1.70. The second kappa shape index (κ2) is 9.14. The van der Waals surface area contributed by atoms with E-state index in [2.05, 4.69) is 20.7 Å². The minimum atomic E-state index is -0.968. The Kier molecular flexibility index (Phi) is 6.40. The summed E-state index contributed by atoms with van der Waals surface area (Å²) in [5, 5.41) is 19.7. The Morgan fingerprint density at radius 3 is 2.71 bits per heavy atom. The topological polar surface area (TPSA) is 136 Å². The number of pyridine rings is 1. The fourth-order valence-corrected chi connectivity index (χ4v) is 5.49. The van der Waals surface area contributed by atoms with Gasteiger partial charge in [-0.3, -0.25) is 9.59 Å². The first-order valence-electron chi connectivity index (χ1n) is 10.3. The third-order valence-corrected chi connectivity index (χ3v) is 7.54. The number of amides is 2. The number of nitrogens with zero attached hydrogens (tertiary/aromatic N) is 4. The van der Waals surface area contributed by atoms with E-state index in [4.69, 9.17) is 11.6 Å². The molecule has 1 aliphatic heterocycles. The van der Waals surface area contributed by atoms with Crippen LogP contribution in [0.5, 0.6) is 0 Å². The summed E-state index contributed by atoms with van der Waals surface area (Å²) in [5.74, 6) is -0.00321. The van der Waals surface area contributed by atoms with Crippen LogP contribution in [0.4, 0.5) is 5.69 Å². The van der Waals surface area contributed by atoms with Gasteiger partial charge in [0.1, 0.15) is 22.7 Å². The van der Waals surface area contributed by atoms with Crippen molar-refractivity contribution in [1.82, 2.24) is 20.1 Å². The Bertz CT molecular complexity index is 1350. The Hall–Kier alpha value is -3.33. The predicted molar refractivity (Wildman–Crippen MR) is 132 cm³/mol. The number of aromatic nitrogens is 3. The zero-order valence-corrected chi connectivity index (χ0v) is 20.3. The van der Waals surface area contributed by atoms with Crippen LogP contribution in [0.3, 0.4) is 0 Å². The van der Waals surface area contributed by atoms with Gasteiger partial charge in [-0.25, -0.2) is 9.67 Å². The highest BCUT2D eigenvalue weighted by molar-refractivity contribution is 7.93. The number of hydrogen-bond donors (Lipinski definition) is 2. The molecule has 0 atom stereocenters. The van der Waals surface area contributed by atoms with Gasteiger partial charge in [0.25, 0.3) is 11.8 Å². The molecular formula is C22H20BClN6O3S. The van der Waals surface area contributed by atoms with Crippen LogP contribution in [0, 0.1) is 18.3 Å². The van der Waals surface area contributed by atoms with Gasteiger partial charge in [-0.1, -0.05) is 11.6 Å². The van der Waals surface area contributed by atoms with E-state index < -0.39 is 28.5 Å². The zero-order valence-electron chi connectivity index (χ0n) is 18.7. The molecule has 34 heavy (non-hydrogen) atoms. The number of nitriles is 1. The van der Waals surface area contributed by atoms with Crippen molar-refractivity contribution in [1.29, 1.82) is 5.26 Å². The third-order valence-electron chi connectivity index (χ3n) is 5.33. The van der Waals surface area contributed by atoms with Crippen LogP contribution in [0.25, 0.3) is 5.82 Å². The number of aryl methyl sites for hydroxylation is 1. The second-order valence-corrected chi connectivity index (χ2v) is 10.3. The standard InChI is InChI=1S/C22H20BClN6O3S/c1-12-6-13(9-25)7-14(20(31)28-22(2)10-34(33)11-22)18(12)27-21(32)16-8-17(23)29-30(16)19-15(24)4-3-5-26-19/h3-8H,10-11,23H2,1-2H3,(H,27,32)(H,28,31). The minimum Gasteiger partial charge on any atom is -0.616 e. The van der Waals surface area contributed by atoms with E-state index in [1.54, 1.807) is 45.2 Å². The summed E-state index contributed by atoms with van der Waals surface area (Å²) >= 11 is 5.29. The number of halogens is 1. The average Bonchev–Trinajstić information content (AvgIpc) is 3.15. The molecule has 4 rings (SSSR count). The molecule has 2 amide bonds. The molecule has 1 aliphatic rings. The van der Waals surface area contributed by atoms with Crippen molar-refractivity contribution in [2.75, 3.05) is 16.8 Å². The molecule has 2 aromatic heterocycles. The highest BCUT2D eigenvalue weighted by Crippen LogP contribution is 2.28. The molecule has 0 unspecified atom stereocenters. The van der Waals surface area contributed by atoms with E-state index in [0.717, 1.165) is 0 Å². The van der Waals surface area contributed by atoms with Crippen LogP contribution in [-0.2, 0) is 11.2 Å². The van der Waals surface area contributed by atoms with Crippen molar-refractivity contribution in [3.8, 4) is 11.9 Å². The monoisotopic (exact) mass is 494 g/mol. The molecule has 1 aromatic carbocycles. The fourth-order valence-electron chi connectivity index (χ4n) is 3.81. The molecule has 2 N–H and O–H groups in total. The Morgan fingerprint density at radius 1 is 1.32 bits per heavy atom. The number of nitrogens with one attached hydrogen (secondary N) is 2. The summed E-state index contributed by atoms with van der Waals surface area (Å²) in [6.07, 6.45) is 1.54. The summed E-state index contributed by atoms with van der Waals surface area (Å²) in [5.41, 5.74) is 1.38. The van der Waals surface area contributed by atoms with Gasteiger partial charge in [0.2, 0.25) is 0 Å². The molecule has 0 radical (unpaired) electrons. The number of anilines is 1. The summed E-state index contributed by atoms with van der Waals surface area (Å²) < 4.78 is 12.9. The maximum Gasteiger partial charge on any atom is 0.274 e. The molecule has 0 aliphatic carbocycles. The molecule has 3 heterocycles. The molecule has 3 aromatic rings. The average molecular weight is 495 g/mol. The highest BCUT2D eigenvalue weighted by Gasteiger charge is 2.46. The lowest BCUT2D eigenvalue weighted by Crippen LogP contribution is -2.63. The van der Waals surface area contributed by atoms with E-state index >= 15 is 0 Å². The maximum atomic E-state index is 13.3. The second-order valence-electron chi connectivity index (χ2n) is 8.42. The number of carbonyl (C=O) groups is 2. The SMILES string of the molecule is Bc1cc(C(=O)Nc2c(C)cc(C#N)cc2C(=O)NC2(C)C[S+]([O-])C2)n(-c2ncccc2Cl)n1. The quantitative estimate of drug-likeness (QED) is 0.399. The zero-order chi connectivity index (χ0) is 24.6. The van der Waals surface area contributed by atoms with Gasteiger partial charge in [-0.15, -0.1) is 0 Å². The van der Waals surface area contributed by atoms with Gasteiger partial charge in [0.05, 0.1) is 27.9 Å². The molecule has 1 fully saturated rings. The van der Waals surface area contributed by atoms with Crippen molar-refractivity contribution >= 4 is 53.7 Å². The minimum absolute atomic E-state index is 0.141. The summed E-state index contributed by atoms with van der Waals surface area (Å²) in [6, 6.07) is 9.95. The van der Waals surface area contributed by atoms with Gasteiger partial charge in [-0.05, 0) is 60.9 Å². The molecule has 0 bridgehead atoms. The summed E-state index contributed by atoms with van der Waals surface area (Å²) in [6.45, 7) is 3.51. The number of hydrogen-bond acceptors (Lipinski definition) is 6. The predicted octanol–water partition coefficient (Wildman–Crippen LogP) is 0.862. The van der Waals surface area contributed by atoms with E-state index in [1.807, 2.05) is 13.0 Å². The van der Waals surface area contributed by atoms with Crippen molar-refractivity contribution < 1.29 is 14.1 Å². The largest absolute Gasteiger partial charge is 0.616 e. The first-order chi connectivity index (χ1) is 16.1. The van der Waals surface area contributed by atoms with Crippen molar-refractivity contribution in [3.63, 3.8) is 0 Å². The molecule has 1 saturated heterocycles. The number of benzene rings is 1. The maximum absolute atomic E-state index is 13.3. The lowest BCUT2D eigenvalue weighted by atomic mass is 10.0. The number of carbonyl (C=O) groups excluding carboxylic acids is 2. The normalized spacial score (nSPS) is 19.1. The number of rotatable bonds is 5. The smallest absolute Gasteiger partial charge is 0.274 e. The van der Waals surface area contributed by atoms with Crippen molar-refractivity contribution in [2.45, 2.75) is 19.4 Å². The van der Waals surface area contributed by atoms with Gasteiger partial charge in [0.15, 0.2) is 13.7 Å². The van der Waals surface area contributed by atoms with Crippen molar-refractivity contribution in [3.05, 3.63) is 63.9 Å². The third kappa shape index (κ3) is 4.66. The molecule has 9 nitrogen and oxygen atoms in total. The van der Waals surface area contributed by atoms with Crippen LogP contribution in [0.1, 0.15) is 38.9 Å². The van der Waals surface area contributed by atoms with Crippen LogP contribution in [-0.4, -0.2) is 56.0 Å². The van der Waals surface area contributed by atoms with Gasteiger partial charge in [-0.2, -0.15) is 10.4 Å². The highest BCUT2D eigenvalue weighted by atomic mass is 35.5. The van der Waals surface area contributed by atoms with Gasteiger partial charge in [0, 0.05) is 11.8 Å². The lowest BCUT2D eigenvalue weighted by molar-refractivity contribution is 0.0917. The van der Waals surface area contributed by atoms with E-state index in [-0.39, 0.29) is 22.5 Å². The van der Waals surface area contributed by atoms with Crippen molar-refractivity contribution in [2.24, 2.45) is 0 Å². The lowest BCUT2D eigenvalue weighted by Gasteiger charge is -2.39.